The first-order valence-electron chi connectivity index (χ1n) is 10.4. The monoisotopic (exact) mass is 399 g/mol. The number of rotatable bonds is 2. The average molecular weight is 399 g/mol. The van der Waals surface area contributed by atoms with Gasteiger partial charge < -0.3 is 0 Å². The molecule has 144 valence electrons. The number of fused-ring (bicyclic) bond motifs is 3. The van der Waals surface area contributed by atoms with E-state index in [1.165, 1.54) is 39.9 Å². The smallest absolute Gasteiger partial charge is 0.268 e. The van der Waals surface area contributed by atoms with E-state index in [1.807, 2.05) is 11.7 Å². The molecule has 0 N–H and O–H groups in total. The molecule has 2 aliphatic rings. The van der Waals surface area contributed by atoms with Crippen molar-refractivity contribution in [3.8, 4) is 16.4 Å². The SMILES string of the molecule is Cc1cc(-c2cn3cc(C4CC5CB(C#N)CC5C4)nc3s2)cc2cn(C)nc12. The number of hydrogen-bond acceptors (Lipinski definition) is 4. The highest BCUT2D eigenvalue weighted by Crippen LogP contribution is 2.51. The van der Waals surface area contributed by atoms with Crippen molar-refractivity contribution in [3.05, 3.63) is 42.0 Å². The summed E-state index contributed by atoms with van der Waals surface area (Å²) in [5.74, 6) is 4.50. The number of benzene rings is 1. The molecule has 3 aromatic heterocycles. The van der Waals surface area contributed by atoms with Crippen LogP contribution in [0.4, 0.5) is 0 Å². The van der Waals surface area contributed by atoms with Crippen molar-refractivity contribution in [3.63, 3.8) is 0 Å². The molecule has 4 heterocycles. The summed E-state index contributed by atoms with van der Waals surface area (Å²) < 4.78 is 4.08. The Morgan fingerprint density at radius 3 is 2.69 bits per heavy atom. The number of aromatic nitrogens is 4. The molecule has 1 saturated heterocycles. The third-order valence-corrected chi connectivity index (χ3v) is 8.03. The summed E-state index contributed by atoms with van der Waals surface area (Å²) in [6.07, 6.45) is 11.1. The molecule has 7 heteroatoms. The predicted octanol–water partition coefficient (Wildman–Crippen LogP) is 4.94. The van der Waals surface area contributed by atoms with Crippen molar-refractivity contribution < 1.29 is 0 Å². The van der Waals surface area contributed by atoms with Crippen LogP contribution >= 0.6 is 11.3 Å². The minimum atomic E-state index is 0.291. The summed E-state index contributed by atoms with van der Waals surface area (Å²) in [6.45, 7) is 2.42. The van der Waals surface area contributed by atoms with Gasteiger partial charge in [0.05, 0.1) is 16.1 Å². The first kappa shape index (κ1) is 17.3. The fourth-order valence-electron chi connectivity index (χ4n) is 5.68. The van der Waals surface area contributed by atoms with Crippen LogP contribution in [-0.2, 0) is 7.05 Å². The topological polar surface area (TPSA) is 58.9 Å². The molecule has 1 saturated carbocycles. The number of thiazole rings is 1. The summed E-state index contributed by atoms with van der Waals surface area (Å²) >= 11 is 1.76. The summed E-state index contributed by atoms with van der Waals surface area (Å²) in [5.41, 5.74) is 4.76. The Bertz CT molecular complexity index is 1250. The number of hydrogen-bond donors (Lipinski definition) is 0. The van der Waals surface area contributed by atoms with Crippen molar-refractivity contribution >= 4 is 33.9 Å². The van der Waals surface area contributed by atoms with Gasteiger partial charge in [-0.15, -0.1) is 0 Å². The van der Waals surface area contributed by atoms with Crippen molar-refractivity contribution in [2.24, 2.45) is 18.9 Å². The van der Waals surface area contributed by atoms with Crippen LogP contribution in [0.2, 0.25) is 12.6 Å². The van der Waals surface area contributed by atoms with E-state index >= 15 is 0 Å². The number of aryl methyl sites for hydroxylation is 2. The second kappa shape index (κ2) is 6.20. The lowest BCUT2D eigenvalue weighted by Gasteiger charge is -2.07. The van der Waals surface area contributed by atoms with Gasteiger partial charge in [-0.1, -0.05) is 24.0 Å². The summed E-state index contributed by atoms with van der Waals surface area (Å²) in [7, 11) is 1.97. The summed E-state index contributed by atoms with van der Waals surface area (Å²) in [6, 6.07) is 4.45. The van der Waals surface area contributed by atoms with E-state index in [-0.39, 0.29) is 0 Å². The molecule has 1 aliphatic carbocycles. The van der Waals surface area contributed by atoms with Crippen LogP contribution in [0.25, 0.3) is 26.3 Å². The second-order valence-corrected chi connectivity index (χ2v) is 9.98. The van der Waals surface area contributed by atoms with Crippen LogP contribution in [0.5, 0.6) is 0 Å². The molecule has 1 aliphatic heterocycles. The number of imidazole rings is 1. The highest BCUT2D eigenvalue weighted by atomic mass is 32.1. The molecule has 2 unspecified atom stereocenters. The Kier molecular flexibility index (Phi) is 3.70. The van der Waals surface area contributed by atoms with E-state index in [2.05, 4.69) is 53.1 Å². The Hall–Kier alpha value is -2.59. The van der Waals surface area contributed by atoms with Gasteiger partial charge in [-0.25, -0.2) is 10.2 Å². The Morgan fingerprint density at radius 1 is 1.17 bits per heavy atom. The van der Waals surface area contributed by atoms with Crippen LogP contribution in [0, 0.1) is 30.0 Å². The van der Waals surface area contributed by atoms with E-state index in [1.54, 1.807) is 11.3 Å². The van der Waals surface area contributed by atoms with Gasteiger partial charge in [0.15, 0.2) is 4.96 Å². The summed E-state index contributed by atoms with van der Waals surface area (Å²) in [5, 5.41) is 14.9. The minimum Gasteiger partial charge on any atom is -0.297 e. The van der Waals surface area contributed by atoms with Gasteiger partial charge >= 0.3 is 0 Å². The van der Waals surface area contributed by atoms with Crippen LogP contribution in [0.3, 0.4) is 0 Å². The molecule has 0 bridgehead atoms. The third-order valence-electron chi connectivity index (χ3n) is 6.99. The maximum Gasteiger partial charge on any atom is 0.268 e. The van der Waals surface area contributed by atoms with Crippen molar-refractivity contribution in [1.82, 2.24) is 19.2 Å². The van der Waals surface area contributed by atoms with Crippen LogP contribution in [0.15, 0.2) is 30.7 Å². The highest BCUT2D eigenvalue weighted by Gasteiger charge is 2.44. The number of nitriles is 1. The molecule has 4 aromatic rings. The normalized spacial score (nSPS) is 23.9. The molecule has 5 nitrogen and oxygen atoms in total. The van der Waals surface area contributed by atoms with Gasteiger partial charge in [-0.05, 0) is 54.9 Å². The zero-order valence-corrected chi connectivity index (χ0v) is 17.5. The van der Waals surface area contributed by atoms with Crippen LogP contribution in [0.1, 0.15) is 30.0 Å². The Balaban J connectivity index is 1.29. The largest absolute Gasteiger partial charge is 0.297 e. The summed E-state index contributed by atoms with van der Waals surface area (Å²) in [4.78, 5) is 7.31. The third kappa shape index (κ3) is 2.73. The number of nitrogens with zero attached hydrogens (tertiary/aromatic N) is 5. The zero-order valence-electron chi connectivity index (χ0n) is 16.7. The predicted molar refractivity (Wildman–Crippen MR) is 117 cm³/mol. The van der Waals surface area contributed by atoms with Crippen LogP contribution in [-0.4, -0.2) is 25.9 Å². The van der Waals surface area contributed by atoms with Gasteiger partial charge in [0.1, 0.15) is 0 Å². The van der Waals surface area contributed by atoms with E-state index < -0.39 is 0 Å². The first-order chi connectivity index (χ1) is 14.1. The molecule has 0 spiro atoms. The molecule has 29 heavy (non-hydrogen) atoms. The average Bonchev–Trinajstić information content (AvgIpc) is 3.44. The molecular formula is C22H22BN5S. The van der Waals surface area contributed by atoms with Crippen LogP contribution < -0.4 is 0 Å². The van der Waals surface area contributed by atoms with E-state index in [9.17, 15) is 5.26 Å². The lowest BCUT2D eigenvalue weighted by Crippen LogP contribution is -2.06. The lowest BCUT2D eigenvalue weighted by molar-refractivity contribution is 0.486. The minimum absolute atomic E-state index is 0.291. The lowest BCUT2D eigenvalue weighted by atomic mass is 9.49. The molecular weight excluding hydrogens is 377 g/mol. The highest BCUT2D eigenvalue weighted by molar-refractivity contribution is 7.20. The molecule has 0 amide bonds. The van der Waals surface area contributed by atoms with E-state index in [4.69, 9.17) is 4.98 Å². The van der Waals surface area contributed by atoms with Crippen molar-refractivity contribution in [2.75, 3.05) is 0 Å². The van der Waals surface area contributed by atoms with Crippen molar-refractivity contribution in [1.29, 1.82) is 5.26 Å². The second-order valence-electron chi connectivity index (χ2n) is 8.97. The van der Waals surface area contributed by atoms with E-state index in [0.717, 1.165) is 35.0 Å². The first-order valence-corrected chi connectivity index (χ1v) is 11.2. The molecule has 2 atom stereocenters. The maximum absolute atomic E-state index is 9.20. The zero-order chi connectivity index (χ0) is 19.7. The fourth-order valence-corrected chi connectivity index (χ4v) is 6.64. The molecule has 1 aromatic carbocycles. The van der Waals surface area contributed by atoms with Gasteiger partial charge in [-0.3, -0.25) is 9.08 Å². The van der Waals surface area contributed by atoms with E-state index in [0.29, 0.717) is 12.6 Å². The van der Waals surface area contributed by atoms with Crippen molar-refractivity contribution in [2.45, 2.75) is 38.3 Å². The quantitative estimate of drug-likeness (QED) is 0.449. The van der Waals surface area contributed by atoms with Gasteiger partial charge in [0.2, 0.25) is 0 Å². The van der Waals surface area contributed by atoms with Gasteiger partial charge in [-0.2, -0.15) is 5.10 Å². The standard InChI is InChI=1S/C22H22BN5S/c1-13-3-15(6-18-9-27(2)26-21(13)18)20-11-28-10-19(25-22(28)29-20)14-4-16-7-23(12-24)8-17(16)5-14/h3,6,9-11,14,16-17H,4-5,7-8H2,1-2H3. The van der Waals surface area contributed by atoms with Gasteiger partial charge in [0.25, 0.3) is 6.71 Å². The molecule has 6 rings (SSSR count). The molecule has 0 radical (unpaired) electrons. The Morgan fingerprint density at radius 2 is 1.97 bits per heavy atom. The Labute approximate surface area is 174 Å². The fraction of sp³-hybridized carbons (Fsp3) is 0.409. The van der Waals surface area contributed by atoms with Gasteiger partial charge in [0, 0.05) is 42.9 Å². The molecule has 2 fully saturated rings. The maximum atomic E-state index is 9.20.